The molecule has 0 amide bonds. The van der Waals surface area contributed by atoms with E-state index in [-0.39, 0.29) is 0 Å². The van der Waals surface area contributed by atoms with Gasteiger partial charge in [-0.15, -0.1) is 0 Å². The predicted octanol–water partition coefficient (Wildman–Crippen LogP) is 5.00. The second-order valence-corrected chi connectivity index (χ2v) is 5.79. The van der Waals surface area contributed by atoms with Crippen molar-refractivity contribution in [1.29, 1.82) is 0 Å². The molecule has 0 bridgehead atoms. The Hall–Kier alpha value is -1.28. The Morgan fingerprint density at radius 2 is 1.80 bits per heavy atom. The SMILES string of the molecule is CCN(CC(CBr)c1ccccc1)c1cccc(C)c1. The average molecular weight is 332 g/mol. The maximum atomic E-state index is 3.67. The fourth-order valence-corrected chi connectivity index (χ4v) is 3.05. The van der Waals surface area contributed by atoms with Crippen LogP contribution < -0.4 is 4.90 Å². The van der Waals surface area contributed by atoms with Gasteiger partial charge in [0, 0.05) is 30.0 Å². The lowest BCUT2D eigenvalue weighted by molar-refractivity contribution is 0.712. The van der Waals surface area contributed by atoms with Crippen molar-refractivity contribution in [3.05, 3.63) is 65.7 Å². The zero-order chi connectivity index (χ0) is 14.4. The normalized spacial score (nSPS) is 12.2. The van der Waals surface area contributed by atoms with Gasteiger partial charge >= 0.3 is 0 Å². The number of anilines is 1. The number of likely N-dealkylation sites (N-methyl/N-ethyl adjacent to an activating group) is 1. The van der Waals surface area contributed by atoms with Gasteiger partial charge in [-0.25, -0.2) is 0 Å². The van der Waals surface area contributed by atoms with Gasteiger partial charge in [0.1, 0.15) is 0 Å². The lowest BCUT2D eigenvalue weighted by Crippen LogP contribution is -2.29. The first kappa shape index (κ1) is 15.1. The van der Waals surface area contributed by atoms with E-state index in [4.69, 9.17) is 0 Å². The first-order valence-electron chi connectivity index (χ1n) is 7.17. The van der Waals surface area contributed by atoms with Gasteiger partial charge < -0.3 is 4.90 Å². The second-order valence-electron chi connectivity index (χ2n) is 5.14. The van der Waals surface area contributed by atoms with E-state index < -0.39 is 0 Å². The van der Waals surface area contributed by atoms with Crippen molar-refractivity contribution in [2.75, 3.05) is 23.3 Å². The molecule has 2 aromatic carbocycles. The lowest BCUT2D eigenvalue weighted by atomic mass is 10.0. The number of benzene rings is 2. The van der Waals surface area contributed by atoms with Crippen molar-refractivity contribution >= 4 is 21.6 Å². The smallest absolute Gasteiger partial charge is 0.0368 e. The molecular weight excluding hydrogens is 310 g/mol. The summed E-state index contributed by atoms with van der Waals surface area (Å²) in [6, 6.07) is 19.5. The topological polar surface area (TPSA) is 3.24 Å². The Kier molecular flexibility index (Phi) is 5.66. The van der Waals surface area contributed by atoms with E-state index in [1.165, 1.54) is 16.8 Å². The van der Waals surface area contributed by atoms with Crippen molar-refractivity contribution in [2.45, 2.75) is 19.8 Å². The Balaban J connectivity index is 2.16. The van der Waals surface area contributed by atoms with Crippen LogP contribution in [0.2, 0.25) is 0 Å². The summed E-state index contributed by atoms with van der Waals surface area (Å²) in [4.78, 5) is 2.45. The molecule has 1 nitrogen and oxygen atoms in total. The van der Waals surface area contributed by atoms with Gasteiger partial charge in [-0.1, -0.05) is 58.4 Å². The fourth-order valence-electron chi connectivity index (χ4n) is 2.48. The van der Waals surface area contributed by atoms with Crippen LogP contribution in [0, 0.1) is 6.92 Å². The van der Waals surface area contributed by atoms with E-state index in [0.717, 1.165) is 18.4 Å². The maximum Gasteiger partial charge on any atom is 0.0368 e. The zero-order valence-electron chi connectivity index (χ0n) is 12.2. The molecule has 0 aliphatic rings. The number of hydrogen-bond donors (Lipinski definition) is 0. The quantitative estimate of drug-likeness (QED) is 0.673. The Morgan fingerprint density at radius 1 is 1.05 bits per heavy atom. The van der Waals surface area contributed by atoms with E-state index in [2.05, 4.69) is 89.3 Å². The van der Waals surface area contributed by atoms with Crippen LogP contribution >= 0.6 is 15.9 Å². The summed E-state index contributed by atoms with van der Waals surface area (Å²) < 4.78 is 0. The molecule has 2 heteroatoms. The first-order valence-corrected chi connectivity index (χ1v) is 8.29. The van der Waals surface area contributed by atoms with E-state index in [1.807, 2.05) is 0 Å². The highest BCUT2D eigenvalue weighted by atomic mass is 79.9. The minimum Gasteiger partial charge on any atom is -0.371 e. The first-order chi connectivity index (χ1) is 9.74. The maximum absolute atomic E-state index is 3.67. The molecule has 2 rings (SSSR count). The highest BCUT2D eigenvalue weighted by molar-refractivity contribution is 9.09. The third kappa shape index (κ3) is 3.86. The third-order valence-corrected chi connectivity index (χ3v) is 4.43. The van der Waals surface area contributed by atoms with Gasteiger partial charge in [-0.2, -0.15) is 0 Å². The predicted molar refractivity (Wildman–Crippen MR) is 92.0 cm³/mol. The molecule has 0 radical (unpaired) electrons. The summed E-state index contributed by atoms with van der Waals surface area (Å²) in [6.45, 7) is 6.43. The molecule has 0 aliphatic heterocycles. The van der Waals surface area contributed by atoms with Crippen LogP contribution in [0.5, 0.6) is 0 Å². The molecule has 0 heterocycles. The number of halogens is 1. The van der Waals surface area contributed by atoms with E-state index in [1.54, 1.807) is 0 Å². The molecule has 1 unspecified atom stereocenters. The van der Waals surface area contributed by atoms with Crippen LogP contribution in [-0.4, -0.2) is 18.4 Å². The molecule has 0 aliphatic carbocycles. The molecule has 2 aromatic rings. The van der Waals surface area contributed by atoms with Crippen molar-refractivity contribution in [2.24, 2.45) is 0 Å². The van der Waals surface area contributed by atoms with Crippen LogP contribution in [-0.2, 0) is 0 Å². The van der Waals surface area contributed by atoms with Gasteiger partial charge in [0.15, 0.2) is 0 Å². The van der Waals surface area contributed by atoms with Gasteiger partial charge in [0.05, 0.1) is 0 Å². The van der Waals surface area contributed by atoms with E-state index in [9.17, 15) is 0 Å². The highest BCUT2D eigenvalue weighted by Crippen LogP contribution is 2.23. The van der Waals surface area contributed by atoms with Crippen LogP contribution in [0.1, 0.15) is 24.0 Å². The van der Waals surface area contributed by atoms with E-state index in [0.29, 0.717) is 5.92 Å². The monoisotopic (exact) mass is 331 g/mol. The number of rotatable bonds is 6. The molecular formula is C18H22BrN. The highest BCUT2D eigenvalue weighted by Gasteiger charge is 2.14. The minimum atomic E-state index is 0.511. The zero-order valence-corrected chi connectivity index (χ0v) is 13.8. The van der Waals surface area contributed by atoms with E-state index >= 15 is 0 Å². The Bertz CT molecular complexity index is 524. The van der Waals surface area contributed by atoms with Crippen molar-refractivity contribution in [1.82, 2.24) is 0 Å². The molecule has 106 valence electrons. The van der Waals surface area contributed by atoms with Crippen molar-refractivity contribution in [3.63, 3.8) is 0 Å². The molecule has 20 heavy (non-hydrogen) atoms. The summed E-state index contributed by atoms with van der Waals surface area (Å²) in [5.41, 5.74) is 4.03. The minimum absolute atomic E-state index is 0.511. The van der Waals surface area contributed by atoms with Crippen LogP contribution in [0.4, 0.5) is 5.69 Å². The van der Waals surface area contributed by atoms with Crippen molar-refractivity contribution in [3.8, 4) is 0 Å². The molecule has 0 spiro atoms. The molecule has 0 N–H and O–H groups in total. The van der Waals surface area contributed by atoms with Crippen LogP contribution in [0.25, 0.3) is 0 Å². The summed E-state index contributed by atoms with van der Waals surface area (Å²) in [5, 5.41) is 0.985. The number of aryl methyl sites for hydroxylation is 1. The molecule has 0 saturated carbocycles. The summed E-state index contributed by atoms with van der Waals surface area (Å²) in [5.74, 6) is 0.511. The molecule has 1 atom stereocenters. The van der Waals surface area contributed by atoms with Crippen LogP contribution in [0.3, 0.4) is 0 Å². The fraction of sp³-hybridized carbons (Fsp3) is 0.333. The standard InChI is InChI=1S/C18H22BrN/c1-3-20(18-11-7-8-15(2)12-18)14-17(13-19)16-9-5-4-6-10-16/h4-12,17H,3,13-14H2,1-2H3. The number of nitrogens with zero attached hydrogens (tertiary/aromatic N) is 1. The van der Waals surface area contributed by atoms with Gasteiger partial charge in [-0.3, -0.25) is 0 Å². The molecule has 0 aromatic heterocycles. The van der Waals surface area contributed by atoms with Crippen LogP contribution in [0.15, 0.2) is 54.6 Å². The summed E-state index contributed by atoms with van der Waals surface area (Å²) >= 11 is 3.67. The number of alkyl halides is 1. The summed E-state index contributed by atoms with van der Waals surface area (Å²) in [7, 11) is 0. The molecule has 0 saturated heterocycles. The largest absolute Gasteiger partial charge is 0.371 e. The Labute approximate surface area is 130 Å². The van der Waals surface area contributed by atoms with Gasteiger partial charge in [0.25, 0.3) is 0 Å². The lowest BCUT2D eigenvalue weighted by Gasteiger charge is -2.28. The summed E-state index contributed by atoms with van der Waals surface area (Å²) in [6.07, 6.45) is 0. The Morgan fingerprint density at radius 3 is 2.40 bits per heavy atom. The third-order valence-electron chi connectivity index (χ3n) is 3.65. The second kappa shape index (κ2) is 7.49. The average Bonchev–Trinajstić information content (AvgIpc) is 2.49. The number of hydrogen-bond acceptors (Lipinski definition) is 1. The van der Waals surface area contributed by atoms with Crippen molar-refractivity contribution < 1.29 is 0 Å². The van der Waals surface area contributed by atoms with Gasteiger partial charge in [0.2, 0.25) is 0 Å². The molecule has 0 fully saturated rings. The van der Waals surface area contributed by atoms with Gasteiger partial charge in [-0.05, 0) is 37.1 Å².